The lowest BCUT2D eigenvalue weighted by molar-refractivity contribution is 0.0682. The number of benzene rings is 2. The quantitative estimate of drug-likeness (QED) is 0.580. The van der Waals surface area contributed by atoms with Gasteiger partial charge in [0.25, 0.3) is 0 Å². The first kappa shape index (κ1) is 18.0. The van der Waals surface area contributed by atoms with Gasteiger partial charge in [-0.3, -0.25) is 0 Å². The lowest BCUT2D eigenvalue weighted by Crippen LogP contribution is -2.21. The molecule has 0 aliphatic rings. The van der Waals surface area contributed by atoms with Crippen LogP contribution in [-0.4, -0.2) is 15.6 Å². The van der Waals surface area contributed by atoms with E-state index in [0.29, 0.717) is 11.6 Å². The number of carboxylic acids is 1. The molecule has 134 valence electrons. The van der Waals surface area contributed by atoms with E-state index in [1.54, 1.807) is 6.07 Å². The highest BCUT2D eigenvalue weighted by Crippen LogP contribution is 2.32. The zero-order valence-corrected chi connectivity index (χ0v) is 15.3. The van der Waals surface area contributed by atoms with E-state index in [2.05, 4.69) is 50.2 Å². The molecule has 0 saturated heterocycles. The Kier molecular flexibility index (Phi) is 5.57. The topological polar surface area (TPSA) is 42.2 Å². The van der Waals surface area contributed by atoms with E-state index in [4.69, 9.17) is 0 Å². The van der Waals surface area contributed by atoms with E-state index < -0.39 is 5.97 Å². The Hall–Kier alpha value is -2.81. The molecule has 2 aromatic carbocycles. The molecular formula is C23H25NO2. The molecule has 0 aliphatic carbocycles. The van der Waals surface area contributed by atoms with E-state index in [1.807, 2.05) is 35.0 Å². The Bertz CT molecular complexity index is 849. The van der Waals surface area contributed by atoms with Crippen LogP contribution in [-0.2, 0) is 0 Å². The minimum atomic E-state index is -0.885. The lowest BCUT2D eigenvalue weighted by atomic mass is 9.89. The molecule has 0 aliphatic heterocycles. The Morgan fingerprint density at radius 3 is 2.23 bits per heavy atom. The Morgan fingerprint density at radius 2 is 1.62 bits per heavy atom. The first-order valence-electron chi connectivity index (χ1n) is 9.17. The fourth-order valence-electron chi connectivity index (χ4n) is 3.70. The first-order chi connectivity index (χ1) is 12.6. The lowest BCUT2D eigenvalue weighted by Gasteiger charge is -2.27. The summed E-state index contributed by atoms with van der Waals surface area (Å²) in [7, 11) is 0. The molecule has 3 rings (SSSR count). The van der Waals surface area contributed by atoms with Gasteiger partial charge in [-0.15, -0.1) is 0 Å². The van der Waals surface area contributed by atoms with Crippen LogP contribution in [0.4, 0.5) is 0 Å². The number of hydrogen-bond acceptors (Lipinski definition) is 1. The van der Waals surface area contributed by atoms with Crippen LogP contribution in [0.3, 0.4) is 0 Å². The van der Waals surface area contributed by atoms with E-state index in [-0.39, 0.29) is 6.04 Å². The summed E-state index contributed by atoms with van der Waals surface area (Å²) in [6.07, 6.45) is 4.00. The number of rotatable bonds is 7. The summed E-state index contributed by atoms with van der Waals surface area (Å²) in [6.45, 7) is 4.37. The third-order valence-electron chi connectivity index (χ3n) is 4.94. The summed E-state index contributed by atoms with van der Waals surface area (Å²) in [5.41, 5.74) is 3.83. The highest BCUT2D eigenvalue weighted by atomic mass is 16.4. The van der Waals surface area contributed by atoms with Crippen LogP contribution in [0, 0.1) is 5.92 Å². The summed E-state index contributed by atoms with van der Waals surface area (Å²) in [5, 5.41) is 9.53. The minimum Gasteiger partial charge on any atom is -0.477 e. The van der Waals surface area contributed by atoms with Crippen molar-refractivity contribution < 1.29 is 9.90 Å². The third kappa shape index (κ3) is 3.72. The van der Waals surface area contributed by atoms with Gasteiger partial charge >= 0.3 is 5.97 Å². The molecule has 2 atom stereocenters. The molecule has 2 unspecified atom stereocenters. The van der Waals surface area contributed by atoms with Crippen LogP contribution < -0.4 is 0 Å². The van der Waals surface area contributed by atoms with Crippen molar-refractivity contribution in [1.29, 1.82) is 0 Å². The molecule has 1 aromatic heterocycles. The van der Waals surface area contributed by atoms with Crippen LogP contribution in [0.25, 0.3) is 11.1 Å². The van der Waals surface area contributed by atoms with Gasteiger partial charge in [0.15, 0.2) is 0 Å². The zero-order valence-electron chi connectivity index (χ0n) is 15.3. The predicted octanol–water partition coefficient (Wildman–Crippen LogP) is 5.88. The molecule has 0 fully saturated rings. The Balaban J connectivity index is 1.99. The zero-order chi connectivity index (χ0) is 18.5. The van der Waals surface area contributed by atoms with Crippen LogP contribution in [0.15, 0.2) is 72.9 Å². The number of carboxylic acid groups (broad SMARTS) is 1. The number of nitrogens with zero attached hydrogens (tertiary/aromatic N) is 1. The van der Waals surface area contributed by atoms with Gasteiger partial charge in [-0.1, -0.05) is 74.9 Å². The summed E-state index contributed by atoms with van der Waals surface area (Å²) >= 11 is 0. The molecule has 0 spiro atoms. The highest BCUT2D eigenvalue weighted by Gasteiger charge is 2.24. The molecular weight excluding hydrogens is 322 g/mol. The van der Waals surface area contributed by atoms with Gasteiger partial charge in [0.05, 0.1) is 6.04 Å². The monoisotopic (exact) mass is 347 g/mol. The van der Waals surface area contributed by atoms with Crippen molar-refractivity contribution in [2.75, 3.05) is 0 Å². The van der Waals surface area contributed by atoms with Gasteiger partial charge in [0.2, 0.25) is 0 Å². The average Bonchev–Trinajstić information content (AvgIpc) is 3.13. The highest BCUT2D eigenvalue weighted by molar-refractivity contribution is 5.86. The second-order valence-corrected chi connectivity index (χ2v) is 6.80. The van der Waals surface area contributed by atoms with E-state index in [1.165, 1.54) is 11.1 Å². The largest absolute Gasteiger partial charge is 0.477 e. The average molecular weight is 347 g/mol. The maximum absolute atomic E-state index is 11.6. The molecule has 3 aromatic rings. The van der Waals surface area contributed by atoms with Gasteiger partial charge in [0, 0.05) is 6.20 Å². The number of aromatic carboxylic acids is 1. The maximum atomic E-state index is 11.6. The second-order valence-electron chi connectivity index (χ2n) is 6.80. The van der Waals surface area contributed by atoms with Crippen molar-refractivity contribution in [2.45, 2.75) is 32.7 Å². The summed E-state index contributed by atoms with van der Waals surface area (Å²) in [6, 6.07) is 22.3. The molecule has 1 N–H and O–H groups in total. The Morgan fingerprint density at radius 1 is 0.962 bits per heavy atom. The second kappa shape index (κ2) is 8.05. The smallest absolute Gasteiger partial charge is 0.352 e. The summed E-state index contributed by atoms with van der Waals surface area (Å²) in [4.78, 5) is 11.6. The number of hydrogen-bond donors (Lipinski definition) is 1. The molecule has 0 saturated carbocycles. The molecule has 3 nitrogen and oxygen atoms in total. The van der Waals surface area contributed by atoms with Crippen molar-refractivity contribution >= 4 is 5.97 Å². The van der Waals surface area contributed by atoms with Crippen molar-refractivity contribution in [3.05, 3.63) is 84.2 Å². The first-order valence-corrected chi connectivity index (χ1v) is 9.17. The van der Waals surface area contributed by atoms with Gasteiger partial charge in [-0.25, -0.2) is 4.79 Å². The van der Waals surface area contributed by atoms with Crippen LogP contribution >= 0.6 is 0 Å². The normalized spacial score (nSPS) is 13.3. The Labute approximate surface area is 154 Å². The summed E-state index contributed by atoms with van der Waals surface area (Å²) in [5.74, 6) is -0.544. The van der Waals surface area contributed by atoms with Crippen LogP contribution in [0.2, 0.25) is 0 Å². The third-order valence-corrected chi connectivity index (χ3v) is 4.94. The fourth-order valence-corrected chi connectivity index (χ4v) is 3.70. The van der Waals surface area contributed by atoms with E-state index in [0.717, 1.165) is 18.4 Å². The van der Waals surface area contributed by atoms with E-state index in [9.17, 15) is 9.90 Å². The van der Waals surface area contributed by atoms with Gasteiger partial charge in [-0.2, -0.15) is 0 Å². The summed E-state index contributed by atoms with van der Waals surface area (Å²) < 4.78 is 1.90. The number of carbonyl (C=O) groups is 1. The molecule has 0 bridgehead atoms. The van der Waals surface area contributed by atoms with Gasteiger partial charge in [0.1, 0.15) is 5.69 Å². The predicted molar refractivity (Wildman–Crippen MR) is 105 cm³/mol. The molecule has 1 heterocycles. The van der Waals surface area contributed by atoms with Gasteiger partial charge in [-0.05, 0) is 41.2 Å². The van der Waals surface area contributed by atoms with Gasteiger partial charge < -0.3 is 9.67 Å². The van der Waals surface area contributed by atoms with Crippen LogP contribution in [0.5, 0.6) is 0 Å². The van der Waals surface area contributed by atoms with Crippen molar-refractivity contribution in [3.63, 3.8) is 0 Å². The standard InChI is InChI=1S/C23H25NO2/c1-3-8-17(2)22(24-16-7-11-21(24)23(25)26)20-14-12-19(13-15-20)18-9-5-4-6-10-18/h4-7,9-17,22H,3,8H2,1-2H3,(H,25,26). The molecule has 0 radical (unpaired) electrons. The molecule has 26 heavy (non-hydrogen) atoms. The SMILES string of the molecule is CCCC(C)C(c1ccc(-c2ccccc2)cc1)n1cccc1C(=O)O. The molecule has 0 amide bonds. The number of aromatic nitrogens is 1. The van der Waals surface area contributed by atoms with Crippen molar-refractivity contribution in [2.24, 2.45) is 5.92 Å². The maximum Gasteiger partial charge on any atom is 0.352 e. The van der Waals surface area contributed by atoms with Crippen molar-refractivity contribution in [1.82, 2.24) is 4.57 Å². The fraction of sp³-hybridized carbons (Fsp3) is 0.261. The van der Waals surface area contributed by atoms with E-state index >= 15 is 0 Å². The minimum absolute atomic E-state index is 0.0147. The molecule has 3 heteroatoms. The van der Waals surface area contributed by atoms with Crippen molar-refractivity contribution in [3.8, 4) is 11.1 Å². The van der Waals surface area contributed by atoms with Crippen LogP contribution in [0.1, 0.15) is 48.8 Å².